The van der Waals surface area contributed by atoms with Crippen molar-refractivity contribution in [3.63, 3.8) is 0 Å². The predicted molar refractivity (Wildman–Crippen MR) is 88.8 cm³/mol. The summed E-state index contributed by atoms with van der Waals surface area (Å²) in [4.78, 5) is 0. The smallest absolute Gasteiger partial charge is 0.387 e. The van der Waals surface area contributed by atoms with E-state index in [1.54, 1.807) is 0 Å². The van der Waals surface area contributed by atoms with E-state index in [9.17, 15) is 17.6 Å². The van der Waals surface area contributed by atoms with Crippen molar-refractivity contribution in [1.29, 1.82) is 0 Å². The zero-order chi connectivity index (χ0) is 18.0. The van der Waals surface area contributed by atoms with Gasteiger partial charge in [-0.05, 0) is 73.5 Å². The van der Waals surface area contributed by atoms with Crippen LogP contribution in [0.2, 0.25) is 0 Å². The Morgan fingerprint density at radius 2 is 1.64 bits per heavy atom. The molecular weight excluding hydrogens is 332 g/mol. The Kier molecular flexibility index (Phi) is 5.90. The first kappa shape index (κ1) is 18.5. The summed E-state index contributed by atoms with van der Waals surface area (Å²) in [6.07, 6.45) is 9.22. The molecule has 140 valence electrons. The first-order valence-corrected chi connectivity index (χ1v) is 9.41. The van der Waals surface area contributed by atoms with E-state index in [0.29, 0.717) is 11.5 Å². The lowest BCUT2D eigenvalue weighted by atomic mass is 9.63. The topological polar surface area (TPSA) is 9.23 Å². The molecule has 2 aliphatic rings. The lowest BCUT2D eigenvalue weighted by molar-refractivity contribution is -0.0546. The van der Waals surface area contributed by atoms with Gasteiger partial charge in [0.1, 0.15) is 0 Å². The van der Waals surface area contributed by atoms with Gasteiger partial charge in [0.2, 0.25) is 0 Å². The van der Waals surface area contributed by atoms with Gasteiger partial charge in [0.25, 0.3) is 0 Å². The van der Waals surface area contributed by atoms with Crippen LogP contribution in [-0.4, -0.2) is 6.61 Å². The zero-order valence-corrected chi connectivity index (χ0v) is 14.6. The molecule has 3 rings (SSSR count). The van der Waals surface area contributed by atoms with Gasteiger partial charge in [0.15, 0.2) is 17.4 Å². The van der Waals surface area contributed by atoms with Crippen molar-refractivity contribution in [3.05, 3.63) is 29.3 Å². The molecule has 1 aromatic rings. The summed E-state index contributed by atoms with van der Waals surface area (Å²) in [5.74, 6) is -0.759. The van der Waals surface area contributed by atoms with Gasteiger partial charge in [-0.2, -0.15) is 8.78 Å². The van der Waals surface area contributed by atoms with Gasteiger partial charge in [-0.1, -0.05) is 26.2 Å². The Hall–Kier alpha value is -1.26. The molecule has 2 aliphatic carbocycles. The van der Waals surface area contributed by atoms with Crippen LogP contribution in [-0.2, 0) is 0 Å². The van der Waals surface area contributed by atoms with Gasteiger partial charge in [0, 0.05) is 0 Å². The number of halogens is 4. The molecule has 2 saturated carbocycles. The minimum atomic E-state index is -3.23. The molecule has 0 heterocycles. The standard InChI is InChI=1S/C20H26F4O/c1-2-3-12-4-5-14-9-15(7-6-13(14)8-12)16-10-17(21)19(18(22)11-16)25-20(23)24/h10-15,20H,2-9H2,1H3. The minimum absolute atomic E-state index is 0.105. The van der Waals surface area contributed by atoms with Crippen molar-refractivity contribution in [2.75, 3.05) is 0 Å². The summed E-state index contributed by atoms with van der Waals surface area (Å²) in [6, 6.07) is 2.35. The first-order chi connectivity index (χ1) is 12.0. The second-order valence-corrected chi connectivity index (χ2v) is 7.69. The van der Waals surface area contributed by atoms with Crippen molar-refractivity contribution in [2.24, 2.45) is 17.8 Å². The van der Waals surface area contributed by atoms with E-state index in [0.717, 1.165) is 31.1 Å². The molecule has 0 N–H and O–H groups in total. The van der Waals surface area contributed by atoms with Gasteiger partial charge < -0.3 is 4.74 Å². The van der Waals surface area contributed by atoms with E-state index in [1.807, 2.05) is 0 Å². The van der Waals surface area contributed by atoms with E-state index in [2.05, 4.69) is 11.7 Å². The van der Waals surface area contributed by atoms with Crippen LogP contribution in [0.15, 0.2) is 12.1 Å². The predicted octanol–water partition coefficient (Wildman–Crippen LogP) is 6.67. The third kappa shape index (κ3) is 4.29. The highest BCUT2D eigenvalue weighted by Crippen LogP contribution is 2.48. The van der Waals surface area contributed by atoms with Crippen LogP contribution in [0.25, 0.3) is 0 Å². The first-order valence-electron chi connectivity index (χ1n) is 9.41. The molecular formula is C20H26F4O. The fraction of sp³-hybridized carbons (Fsp3) is 0.700. The molecule has 5 heteroatoms. The fourth-order valence-electron chi connectivity index (χ4n) is 4.98. The number of rotatable bonds is 5. The third-order valence-corrected chi connectivity index (χ3v) is 6.12. The Morgan fingerprint density at radius 1 is 1.00 bits per heavy atom. The molecule has 0 aromatic heterocycles. The Bertz CT molecular complexity index is 566. The molecule has 25 heavy (non-hydrogen) atoms. The number of fused-ring (bicyclic) bond motifs is 1. The minimum Gasteiger partial charge on any atom is -0.429 e. The average Bonchev–Trinajstić information content (AvgIpc) is 2.57. The van der Waals surface area contributed by atoms with Crippen LogP contribution in [0.5, 0.6) is 5.75 Å². The maximum absolute atomic E-state index is 14.0. The summed E-state index contributed by atoms with van der Waals surface area (Å²) in [7, 11) is 0. The van der Waals surface area contributed by atoms with E-state index in [1.165, 1.54) is 44.2 Å². The molecule has 0 bridgehead atoms. The van der Waals surface area contributed by atoms with Gasteiger partial charge >= 0.3 is 6.61 Å². The summed E-state index contributed by atoms with van der Waals surface area (Å²) < 4.78 is 56.5. The number of benzene rings is 1. The normalized spacial score (nSPS) is 29.5. The van der Waals surface area contributed by atoms with Crippen molar-refractivity contribution in [2.45, 2.75) is 70.8 Å². The highest BCUT2D eigenvalue weighted by molar-refractivity contribution is 5.33. The van der Waals surface area contributed by atoms with E-state index in [-0.39, 0.29) is 5.92 Å². The quantitative estimate of drug-likeness (QED) is 0.534. The van der Waals surface area contributed by atoms with Crippen LogP contribution in [0, 0.1) is 29.4 Å². The average molecular weight is 358 g/mol. The molecule has 2 fully saturated rings. The molecule has 0 saturated heterocycles. The number of alkyl halides is 2. The van der Waals surface area contributed by atoms with Crippen LogP contribution in [0.1, 0.15) is 69.8 Å². The highest BCUT2D eigenvalue weighted by Gasteiger charge is 2.36. The molecule has 1 nitrogen and oxygen atoms in total. The van der Waals surface area contributed by atoms with Crippen LogP contribution in [0.3, 0.4) is 0 Å². The Balaban J connectivity index is 1.68. The molecule has 0 aliphatic heterocycles. The lowest BCUT2D eigenvalue weighted by Crippen LogP contribution is -2.30. The summed E-state index contributed by atoms with van der Waals surface area (Å²) in [5, 5.41) is 0. The zero-order valence-electron chi connectivity index (χ0n) is 14.6. The molecule has 1 aromatic carbocycles. The summed E-state index contributed by atoms with van der Waals surface area (Å²) in [5.41, 5.74) is 0.575. The second kappa shape index (κ2) is 7.96. The van der Waals surface area contributed by atoms with Crippen molar-refractivity contribution in [3.8, 4) is 5.75 Å². The van der Waals surface area contributed by atoms with Crippen molar-refractivity contribution in [1.82, 2.24) is 0 Å². The molecule has 4 atom stereocenters. The number of hydrogen-bond acceptors (Lipinski definition) is 1. The SMILES string of the molecule is CCCC1CCC2CC(c3cc(F)c(OC(F)F)c(F)c3)CCC2C1. The maximum atomic E-state index is 14.0. The second-order valence-electron chi connectivity index (χ2n) is 7.69. The van der Waals surface area contributed by atoms with Gasteiger partial charge in [-0.15, -0.1) is 0 Å². The van der Waals surface area contributed by atoms with E-state index in [4.69, 9.17) is 0 Å². The summed E-state index contributed by atoms with van der Waals surface area (Å²) in [6.45, 7) is -1.00. The van der Waals surface area contributed by atoms with Crippen molar-refractivity contribution < 1.29 is 22.3 Å². The molecule has 0 spiro atoms. The summed E-state index contributed by atoms with van der Waals surface area (Å²) >= 11 is 0. The largest absolute Gasteiger partial charge is 0.429 e. The number of hydrogen-bond donors (Lipinski definition) is 0. The van der Waals surface area contributed by atoms with Crippen molar-refractivity contribution >= 4 is 0 Å². The fourth-order valence-corrected chi connectivity index (χ4v) is 4.98. The third-order valence-electron chi connectivity index (χ3n) is 6.12. The Morgan fingerprint density at radius 3 is 2.28 bits per heavy atom. The van der Waals surface area contributed by atoms with Crippen LogP contribution in [0.4, 0.5) is 17.6 Å². The molecule has 0 amide bonds. The van der Waals surface area contributed by atoms with Gasteiger partial charge in [0.05, 0.1) is 0 Å². The van der Waals surface area contributed by atoms with Crippen LogP contribution >= 0.6 is 0 Å². The maximum Gasteiger partial charge on any atom is 0.387 e. The van der Waals surface area contributed by atoms with Gasteiger partial charge in [-0.25, -0.2) is 8.78 Å². The van der Waals surface area contributed by atoms with E-state index < -0.39 is 24.0 Å². The monoisotopic (exact) mass is 358 g/mol. The Labute approximate surface area is 146 Å². The lowest BCUT2D eigenvalue weighted by Gasteiger charge is -2.42. The molecule has 4 unspecified atom stereocenters. The molecule has 0 radical (unpaired) electrons. The van der Waals surface area contributed by atoms with Gasteiger partial charge in [-0.3, -0.25) is 0 Å². The van der Waals surface area contributed by atoms with E-state index >= 15 is 0 Å². The highest BCUT2D eigenvalue weighted by atomic mass is 19.3. The van der Waals surface area contributed by atoms with Crippen LogP contribution < -0.4 is 4.74 Å². The number of ether oxygens (including phenoxy) is 1.